The van der Waals surface area contributed by atoms with Crippen molar-refractivity contribution in [3.63, 3.8) is 0 Å². The molecular formula is C12H18N2O2. The smallest absolute Gasteiger partial charge is 0.0931 e. The molecule has 1 atom stereocenters. The van der Waals surface area contributed by atoms with Crippen LogP contribution in [0.1, 0.15) is 25.1 Å². The maximum atomic E-state index is 9.37. The lowest BCUT2D eigenvalue weighted by molar-refractivity contribution is 0.152. The summed E-state index contributed by atoms with van der Waals surface area (Å²) in [5.41, 5.74) is 1.82. The van der Waals surface area contributed by atoms with Gasteiger partial charge in [0.1, 0.15) is 0 Å². The fraction of sp³-hybridized carbons (Fsp3) is 0.583. The molecule has 0 bridgehead atoms. The van der Waals surface area contributed by atoms with Gasteiger partial charge in [-0.25, -0.2) is 0 Å². The van der Waals surface area contributed by atoms with Crippen LogP contribution in [0.4, 0.5) is 5.69 Å². The number of nitrogens with zero attached hydrogens (tertiary/aromatic N) is 2. The Kier molecular flexibility index (Phi) is 3.74. The molecule has 1 aromatic heterocycles. The Morgan fingerprint density at radius 2 is 2.25 bits per heavy atom. The van der Waals surface area contributed by atoms with E-state index in [1.807, 2.05) is 18.3 Å². The van der Waals surface area contributed by atoms with Gasteiger partial charge in [0.2, 0.25) is 0 Å². The summed E-state index contributed by atoms with van der Waals surface area (Å²) < 4.78 is 5.41. The fourth-order valence-corrected chi connectivity index (χ4v) is 1.84. The van der Waals surface area contributed by atoms with Crippen LogP contribution in [0.2, 0.25) is 0 Å². The Morgan fingerprint density at radius 3 is 2.94 bits per heavy atom. The van der Waals surface area contributed by atoms with E-state index >= 15 is 0 Å². The van der Waals surface area contributed by atoms with Crippen molar-refractivity contribution in [1.29, 1.82) is 0 Å². The number of ether oxygens (including phenoxy) is 1. The molecule has 1 aliphatic heterocycles. The topological polar surface area (TPSA) is 45.6 Å². The summed E-state index contributed by atoms with van der Waals surface area (Å²) in [5, 5.41) is 9.37. The normalized spacial score (nSPS) is 19.2. The third-order valence-corrected chi connectivity index (χ3v) is 2.79. The number of aliphatic hydroxyl groups excluding tert-OH is 1. The van der Waals surface area contributed by atoms with Gasteiger partial charge in [0.05, 0.1) is 30.3 Å². The second-order valence-corrected chi connectivity index (χ2v) is 4.07. The number of aliphatic hydroxyl groups is 1. The average Bonchev–Trinajstić information content (AvgIpc) is 2.57. The van der Waals surface area contributed by atoms with Gasteiger partial charge < -0.3 is 14.7 Å². The molecule has 1 N–H and O–H groups in total. The lowest BCUT2D eigenvalue weighted by atomic mass is 10.2. The summed E-state index contributed by atoms with van der Waals surface area (Å²) in [6.45, 7) is 5.26. The number of aromatic nitrogens is 1. The molecule has 4 heteroatoms. The third-order valence-electron chi connectivity index (χ3n) is 2.79. The minimum atomic E-state index is -0.499. The first-order chi connectivity index (χ1) is 7.77. The largest absolute Gasteiger partial charge is 0.387 e. The van der Waals surface area contributed by atoms with E-state index in [0.717, 1.165) is 44.1 Å². The molecule has 1 aliphatic rings. The molecule has 0 radical (unpaired) electrons. The fourth-order valence-electron chi connectivity index (χ4n) is 1.84. The van der Waals surface area contributed by atoms with Crippen LogP contribution in [0.3, 0.4) is 0 Å². The number of rotatable bonds is 2. The van der Waals surface area contributed by atoms with Gasteiger partial charge in [0.15, 0.2) is 0 Å². The Hall–Kier alpha value is -1.13. The zero-order valence-electron chi connectivity index (χ0n) is 9.59. The highest BCUT2D eigenvalue weighted by molar-refractivity contribution is 5.44. The van der Waals surface area contributed by atoms with Crippen molar-refractivity contribution >= 4 is 5.69 Å². The van der Waals surface area contributed by atoms with E-state index in [0.29, 0.717) is 0 Å². The lowest BCUT2D eigenvalue weighted by Crippen LogP contribution is -2.25. The van der Waals surface area contributed by atoms with Gasteiger partial charge in [0.25, 0.3) is 0 Å². The minimum absolute atomic E-state index is 0.499. The number of pyridine rings is 1. The first-order valence-corrected chi connectivity index (χ1v) is 5.74. The predicted molar refractivity (Wildman–Crippen MR) is 62.5 cm³/mol. The summed E-state index contributed by atoms with van der Waals surface area (Å²) in [7, 11) is 0. The number of hydrogen-bond donors (Lipinski definition) is 1. The van der Waals surface area contributed by atoms with Crippen LogP contribution >= 0.6 is 0 Å². The summed E-state index contributed by atoms with van der Waals surface area (Å²) in [4.78, 5) is 6.52. The van der Waals surface area contributed by atoms with Gasteiger partial charge in [-0.15, -0.1) is 0 Å². The highest BCUT2D eigenvalue weighted by Gasteiger charge is 2.10. The van der Waals surface area contributed by atoms with Crippen molar-refractivity contribution in [2.45, 2.75) is 19.4 Å². The molecule has 2 rings (SSSR count). The van der Waals surface area contributed by atoms with E-state index in [9.17, 15) is 5.11 Å². The minimum Gasteiger partial charge on any atom is -0.387 e. The number of anilines is 1. The molecule has 4 nitrogen and oxygen atoms in total. The van der Waals surface area contributed by atoms with E-state index in [2.05, 4.69) is 9.88 Å². The first-order valence-electron chi connectivity index (χ1n) is 5.74. The summed E-state index contributed by atoms with van der Waals surface area (Å²) in [6, 6.07) is 3.89. The molecule has 0 spiro atoms. The lowest BCUT2D eigenvalue weighted by Gasteiger charge is -2.21. The molecule has 1 fully saturated rings. The van der Waals surface area contributed by atoms with Crippen molar-refractivity contribution in [2.75, 3.05) is 31.2 Å². The van der Waals surface area contributed by atoms with E-state index in [1.165, 1.54) is 0 Å². The second-order valence-electron chi connectivity index (χ2n) is 4.07. The van der Waals surface area contributed by atoms with Crippen molar-refractivity contribution < 1.29 is 9.84 Å². The van der Waals surface area contributed by atoms with Gasteiger partial charge in [-0.2, -0.15) is 0 Å². The molecule has 0 saturated carbocycles. The molecule has 0 unspecified atom stereocenters. The molecule has 1 aromatic rings. The maximum Gasteiger partial charge on any atom is 0.0931 e. The van der Waals surface area contributed by atoms with Gasteiger partial charge in [-0.05, 0) is 25.5 Å². The standard InChI is InChI=1S/C12H18N2O2/c1-10(15)12-4-3-11(9-13-12)14-5-2-7-16-8-6-14/h3-4,9-10,15H,2,5-8H2,1H3/t10-/m1/s1. The quantitative estimate of drug-likeness (QED) is 0.820. The molecule has 88 valence electrons. The van der Waals surface area contributed by atoms with Crippen LogP contribution in [0.5, 0.6) is 0 Å². The predicted octanol–water partition coefficient (Wildman–Crippen LogP) is 1.36. The second kappa shape index (κ2) is 5.27. The Balaban J connectivity index is 2.07. The van der Waals surface area contributed by atoms with E-state index in [-0.39, 0.29) is 0 Å². The van der Waals surface area contributed by atoms with Crippen molar-refractivity contribution in [1.82, 2.24) is 4.98 Å². The van der Waals surface area contributed by atoms with Crippen molar-refractivity contribution in [2.24, 2.45) is 0 Å². The maximum absolute atomic E-state index is 9.37. The number of hydrogen-bond acceptors (Lipinski definition) is 4. The van der Waals surface area contributed by atoms with Crippen molar-refractivity contribution in [3.8, 4) is 0 Å². The van der Waals surface area contributed by atoms with Crippen LogP contribution in [-0.2, 0) is 4.74 Å². The van der Waals surface area contributed by atoms with Crippen LogP contribution < -0.4 is 4.90 Å². The zero-order chi connectivity index (χ0) is 11.4. The SMILES string of the molecule is C[C@@H](O)c1ccc(N2CCCOCC2)cn1. The summed E-state index contributed by atoms with van der Waals surface area (Å²) in [6.07, 6.45) is 2.38. The van der Waals surface area contributed by atoms with Crippen LogP contribution in [0, 0.1) is 0 Å². The highest BCUT2D eigenvalue weighted by Crippen LogP contribution is 2.17. The Morgan fingerprint density at radius 1 is 1.38 bits per heavy atom. The van der Waals surface area contributed by atoms with Gasteiger partial charge >= 0.3 is 0 Å². The molecular weight excluding hydrogens is 204 g/mol. The van der Waals surface area contributed by atoms with Crippen LogP contribution in [0.15, 0.2) is 18.3 Å². The van der Waals surface area contributed by atoms with Crippen molar-refractivity contribution in [3.05, 3.63) is 24.0 Å². The summed E-state index contributed by atoms with van der Waals surface area (Å²) in [5.74, 6) is 0. The Labute approximate surface area is 95.9 Å². The average molecular weight is 222 g/mol. The summed E-state index contributed by atoms with van der Waals surface area (Å²) >= 11 is 0. The Bertz CT molecular complexity index is 316. The molecule has 1 saturated heterocycles. The monoisotopic (exact) mass is 222 g/mol. The third kappa shape index (κ3) is 2.71. The van der Waals surface area contributed by atoms with E-state index in [4.69, 9.17) is 4.74 Å². The van der Waals surface area contributed by atoms with Crippen LogP contribution in [-0.4, -0.2) is 36.4 Å². The molecule has 0 amide bonds. The molecule has 2 heterocycles. The van der Waals surface area contributed by atoms with Gasteiger partial charge in [0, 0.05) is 19.7 Å². The zero-order valence-corrected chi connectivity index (χ0v) is 9.59. The van der Waals surface area contributed by atoms with E-state index < -0.39 is 6.10 Å². The van der Waals surface area contributed by atoms with E-state index in [1.54, 1.807) is 6.92 Å². The molecule has 0 aliphatic carbocycles. The highest BCUT2D eigenvalue weighted by atomic mass is 16.5. The first kappa shape index (κ1) is 11.4. The van der Waals surface area contributed by atoms with Gasteiger partial charge in [-0.3, -0.25) is 4.98 Å². The molecule has 16 heavy (non-hydrogen) atoms. The van der Waals surface area contributed by atoms with Crippen LogP contribution in [0.25, 0.3) is 0 Å². The van der Waals surface area contributed by atoms with Gasteiger partial charge in [-0.1, -0.05) is 0 Å². The molecule has 0 aromatic carbocycles.